The molecule has 0 unspecified atom stereocenters. The minimum absolute atomic E-state index is 0.279. The third-order valence-corrected chi connectivity index (χ3v) is 2.00. The van der Waals surface area contributed by atoms with Crippen LogP contribution in [0.4, 0.5) is 0 Å². The van der Waals surface area contributed by atoms with Gasteiger partial charge in [0.1, 0.15) is 12.1 Å². The molecule has 1 aromatic rings. The lowest BCUT2D eigenvalue weighted by molar-refractivity contribution is 1.29. The highest BCUT2D eigenvalue weighted by Crippen LogP contribution is 2.17. The molecule has 4 heteroatoms. The Hall–Kier alpha value is -1.65. The van der Waals surface area contributed by atoms with E-state index in [1.165, 1.54) is 17.4 Å². The van der Waals surface area contributed by atoms with Gasteiger partial charge in [0, 0.05) is 0 Å². The maximum absolute atomic E-state index is 8.50. The van der Waals surface area contributed by atoms with E-state index in [0.29, 0.717) is 9.88 Å². The summed E-state index contributed by atoms with van der Waals surface area (Å²) in [5.74, 6) is 0. The van der Waals surface area contributed by atoms with Gasteiger partial charge in [-0.15, -0.1) is 11.3 Å². The first kappa shape index (κ1) is 7.46. The highest BCUT2D eigenvalue weighted by Gasteiger charge is 2.05. The van der Waals surface area contributed by atoms with Crippen LogP contribution in [0.15, 0.2) is 6.58 Å². The van der Waals surface area contributed by atoms with Crippen molar-refractivity contribution >= 4 is 17.4 Å². The number of rotatable bonds is 1. The van der Waals surface area contributed by atoms with Gasteiger partial charge in [0.05, 0.1) is 4.88 Å². The molecule has 0 radical (unpaired) electrons. The largest absolute Gasteiger partial charge is 0.214 e. The minimum Gasteiger partial charge on any atom is -0.214 e. The number of thiazole rings is 1. The summed E-state index contributed by atoms with van der Waals surface area (Å²) < 4.78 is 0. The van der Waals surface area contributed by atoms with Gasteiger partial charge in [0.2, 0.25) is 0 Å². The lowest BCUT2D eigenvalue weighted by atomic mass is 10.4. The van der Waals surface area contributed by atoms with Crippen LogP contribution in [-0.2, 0) is 0 Å². The second-order valence-electron chi connectivity index (χ2n) is 1.66. The Balaban J connectivity index is 3.28. The van der Waals surface area contributed by atoms with Crippen molar-refractivity contribution in [1.29, 1.82) is 10.5 Å². The first-order valence-electron chi connectivity index (χ1n) is 2.75. The minimum atomic E-state index is 0.279. The monoisotopic (exact) mass is 161 g/mol. The van der Waals surface area contributed by atoms with E-state index >= 15 is 0 Å². The van der Waals surface area contributed by atoms with Crippen molar-refractivity contribution in [3.8, 4) is 12.1 Å². The summed E-state index contributed by atoms with van der Waals surface area (Å²) in [4.78, 5) is 4.40. The molecule has 0 spiro atoms. The number of aromatic nitrogens is 1. The van der Waals surface area contributed by atoms with Crippen molar-refractivity contribution < 1.29 is 0 Å². The Morgan fingerprint density at radius 3 is 2.55 bits per heavy atom. The summed E-state index contributed by atoms with van der Waals surface area (Å²) in [7, 11) is 0. The van der Waals surface area contributed by atoms with Crippen LogP contribution in [0.3, 0.4) is 0 Å². The average molecular weight is 161 g/mol. The summed E-state index contributed by atoms with van der Waals surface area (Å²) >= 11 is 1.17. The van der Waals surface area contributed by atoms with Crippen molar-refractivity contribution in [2.75, 3.05) is 0 Å². The second kappa shape index (κ2) is 2.96. The molecule has 1 rings (SSSR count). The molecule has 1 heterocycles. The average Bonchev–Trinajstić information content (AvgIpc) is 2.46. The SMILES string of the molecule is C=Cc1sc(C#N)nc1C#N. The molecule has 0 saturated carbocycles. The van der Waals surface area contributed by atoms with Crippen LogP contribution in [0.1, 0.15) is 15.6 Å². The van der Waals surface area contributed by atoms with Gasteiger partial charge < -0.3 is 0 Å². The molecule has 0 saturated heterocycles. The maximum atomic E-state index is 8.50. The van der Waals surface area contributed by atoms with Crippen molar-refractivity contribution in [2.24, 2.45) is 0 Å². The molecule has 0 aliphatic heterocycles. The fraction of sp³-hybridized carbons (Fsp3) is 0. The fourth-order valence-corrected chi connectivity index (χ4v) is 1.26. The van der Waals surface area contributed by atoms with Gasteiger partial charge in [-0.05, 0) is 6.08 Å². The van der Waals surface area contributed by atoms with Crippen LogP contribution in [0.5, 0.6) is 0 Å². The molecule has 0 aliphatic rings. The third kappa shape index (κ3) is 1.26. The van der Waals surface area contributed by atoms with E-state index in [9.17, 15) is 0 Å². The molecule has 0 atom stereocenters. The van der Waals surface area contributed by atoms with E-state index in [1.807, 2.05) is 12.1 Å². The normalized spacial score (nSPS) is 8.18. The molecule has 0 aliphatic carbocycles. The maximum Gasteiger partial charge on any atom is 0.196 e. The lowest BCUT2D eigenvalue weighted by Gasteiger charge is -1.77. The Labute approximate surface area is 67.8 Å². The number of nitriles is 2. The van der Waals surface area contributed by atoms with Crippen LogP contribution in [0.25, 0.3) is 6.08 Å². The van der Waals surface area contributed by atoms with Gasteiger partial charge in [-0.2, -0.15) is 10.5 Å². The number of hydrogen-bond acceptors (Lipinski definition) is 4. The van der Waals surface area contributed by atoms with Gasteiger partial charge in [0.15, 0.2) is 10.7 Å². The zero-order valence-electron chi connectivity index (χ0n) is 5.53. The second-order valence-corrected chi connectivity index (χ2v) is 2.69. The van der Waals surface area contributed by atoms with E-state index in [1.54, 1.807) is 0 Å². The molecule has 0 bridgehead atoms. The zero-order valence-corrected chi connectivity index (χ0v) is 6.35. The van der Waals surface area contributed by atoms with Gasteiger partial charge in [0.25, 0.3) is 0 Å². The number of nitrogens with zero attached hydrogens (tertiary/aromatic N) is 3. The summed E-state index contributed by atoms with van der Waals surface area (Å²) in [5, 5.41) is 17.2. The highest BCUT2D eigenvalue weighted by atomic mass is 32.1. The summed E-state index contributed by atoms with van der Waals surface area (Å²) in [6.45, 7) is 3.50. The molecule has 0 fully saturated rings. The van der Waals surface area contributed by atoms with Crippen LogP contribution < -0.4 is 0 Å². The lowest BCUT2D eigenvalue weighted by Crippen LogP contribution is -1.75. The fourth-order valence-electron chi connectivity index (χ4n) is 0.598. The van der Waals surface area contributed by atoms with Crippen molar-refractivity contribution in [3.05, 3.63) is 22.2 Å². The Kier molecular flexibility index (Phi) is 2.00. The van der Waals surface area contributed by atoms with E-state index in [-0.39, 0.29) is 5.69 Å². The summed E-state index contributed by atoms with van der Waals surface area (Å²) in [6.07, 6.45) is 1.52. The Morgan fingerprint density at radius 2 is 2.18 bits per heavy atom. The van der Waals surface area contributed by atoms with E-state index in [2.05, 4.69) is 11.6 Å². The topological polar surface area (TPSA) is 60.5 Å². The first-order valence-corrected chi connectivity index (χ1v) is 3.57. The van der Waals surface area contributed by atoms with E-state index in [0.717, 1.165) is 0 Å². The predicted molar refractivity (Wildman–Crippen MR) is 41.6 cm³/mol. The molecule has 0 aromatic carbocycles. The molecule has 3 nitrogen and oxygen atoms in total. The van der Waals surface area contributed by atoms with E-state index in [4.69, 9.17) is 10.5 Å². The molecule has 0 amide bonds. The first-order chi connectivity index (χ1) is 5.31. The van der Waals surface area contributed by atoms with Gasteiger partial charge >= 0.3 is 0 Å². The van der Waals surface area contributed by atoms with Crippen LogP contribution >= 0.6 is 11.3 Å². The molecular formula is C7H3N3S. The zero-order chi connectivity index (χ0) is 8.27. The van der Waals surface area contributed by atoms with Crippen LogP contribution in [-0.4, -0.2) is 4.98 Å². The summed E-state index contributed by atoms with van der Waals surface area (Å²) in [5.41, 5.74) is 0.279. The molecule has 52 valence electrons. The van der Waals surface area contributed by atoms with Gasteiger partial charge in [-0.1, -0.05) is 6.58 Å². The predicted octanol–water partition coefficient (Wildman–Crippen LogP) is 1.53. The van der Waals surface area contributed by atoms with Crippen molar-refractivity contribution in [2.45, 2.75) is 0 Å². The molecule has 11 heavy (non-hydrogen) atoms. The van der Waals surface area contributed by atoms with Gasteiger partial charge in [-0.3, -0.25) is 0 Å². The van der Waals surface area contributed by atoms with Crippen LogP contribution in [0, 0.1) is 22.7 Å². The van der Waals surface area contributed by atoms with E-state index < -0.39 is 0 Å². The van der Waals surface area contributed by atoms with Crippen molar-refractivity contribution in [1.82, 2.24) is 4.98 Å². The standard InChI is InChI=1S/C7H3N3S/c1-2-6-5(3-8)10-7(4-9)11-6/h2H,1H2. The highest BCUT2D eigenvalue weighted by molar-refractivity contribution is 7.13. The van der Waals surface area contributed by atoms with Crippen LogP contribution in [0.2, 0.25) is 0 Å². The summed E-state index contributed by atoms with van der Waals surface area (Å²) in [6, 6.07) is 3.74. The third-order valence-electron chi connectivity index (χ3n) is 1.04. The molecule has 1 aromatic heterocycles. The van der Waals surface area contributed by atoms with Gasteiger partial charge in [-0.25, -0.2) is 4.98 Å². The molecular weight excluding hydrogens is 158 g/mol. The number of hydrogen-bond donors (Lipinski definition) is 0. The quantitative estimate of drug-likeness (QED) is 0.627. The Bertz CT molecular complexity index is 364. The van der Waals surface area contributed by atoms with Crippen molar-refractivity contribution in [3.63, 3.8) is 0 Å². The smallest absolute Gasteiger partial charge is 0.196 e. The molecule has 0 N–H and O–H groups in total. The Morgan fingerprint density at radius 1 is 1.45 bits per heavy atom.